The number of anilines is 1. The van der Waals surface area contributed by atoms with Gasteiger partial charge in [0, 0.05) is 24.8 Å². The molecule has 0 amide bonds. The van der Waals surface area contributed by atoms with Crippen molar-refractivity contribution >= 4 is 5.82 Å². The number of likely N-dealkylation sites (N-methyl/N-ethyl adjacent to an activating group) is 1. The Hall–Kier alpha value is -1.09. The maximum absolute atomic E-state index is 4.30. The SMILES string of the molecule is Cc1ccnc(NCC(C)N(C)C2CC2)c1. The molecule has 0 aliphatic heterocycles. The Morgan fingerprint density at radius 2 is 2.31 bits per heavy atom. The van der Waals surface area contributed by atoms with Crippen LogP contribution in [-0.4, -0.2) is 35.6 Å². The van der Waals surface area contributed by atoms with E-state index < -0.39 is 0 Å². The topological polar surface area (TPSA) is 28.2 Å². The van der Waals surface area contributed by atoms with E-state index in [4.69, 9.17) is 0 Å². The summed E-state index contributed by atoms with van der Waals surface area (Å²) in [4.78, 5) is 6.76. The minimum atomic E-state index is 0.565. The second kappa shape index (κ2) is 4.83. The average molecular weight is 219 g/mol. The van der Waals surface area contributed by atoms with E-state index in [2.05, 4.69) is 42.2 Å². The molecule has 0 spiro atoms. The third-order valence-corrected chi connectivity index (χ3v) is 3.31. The predicted molar refractivity (Wildman–Crippen MR) is 67.7 cm³/mol. The summed E-state index contributed by atoms with van der Waals surface area (Å²) in [6.07, 6.45) is 4.58. The second-order valence-corrected chi connectivity index (χ2v) is 4.84. The van der Waals surface area contributed by atoms with Crippen molar-refractivity contribution in [1.82, 2.24) is 9.88 Å². The number of pyridine rings is 1. The Labute approximate surface area is 97.9 Å². The maximum atomic E-state index is 4.30. The molecule has 1 aromatic rings. The number of nitrogens with zero attached hydrogens (tertiary/aromatic N) is 2. The molecule has 1 heterocycles. The molecule has 0 aromatic carbocycles. The molecular formula is C13H21N3. The third-order valence-electron chi connectivity index (χ3n) is 3.31. The summed E-state index contributed by atoms with van der Waals surface area (Å²) in [5.74, 6) is 0.982. The molecule has 3 heteroatoms. The number of aromatic nitrogens is 1. The summed E-state index contributed by atoms with van der Waals surface area (Å²) in [6.45, 7) is 5.32. The van der Waals surface area contributed by atoms with Crippen molar-refractivity contribution in [2.45, 2.75) is 38.8 Å². The average Bonchev–Trinajstić information content (AvgIpc) is 3.09. The van der Waals surface area contributed by atoms with Crippen LogP contribution in [0.5, 0.6) is 0 Å². The van der Waals surface area contributed by atoms with Gasteiger partial charge >= 0.3 is 0 Å². The van der Waals surface area contributed by atoms with Crippen molar-refractivity contribution in [2.75, 3.05) is 18.9 Å². The van der Waals surface area contributed by atoms with Crippen LogP contribution >= 0.6 is 0 Å². The zero-order valence-electron chi connectivity index (χ0n) is 10.4. The lowest BCUT2D eigenvalue weighted by Gasteiger charge is -2.24. The Morgan fingerprint density at radius 3 is 2.94 bits per heavy atom. The zero-order valence-corrected chi connectivity index (χ0v) is 10.4. The quantitative estimate of drug-likeness (QED) is 0.823. The Bertz CT molecular complexity index is 347. The van der Waals surface area contributed by atoms with Crippen LogP contribution in [0.1, 0.15) is 25.3 Å². The van der Waals surface area contributed by atoms with Crippen molar-refractivity contribution in [3.8, 4) is 0 Å². The summed E-state index contributed by atoms with van der Waals surface area (Å²) in [5.41, 5.74) is 1.25. The highest BCUT2D eigenvalue weighted by Crippen LogP contribution is 2.26. The zero-order chi connectivity index (χ0) is 11.5. The molecule has 1 aliphatic carbocycles. The normalized spacial score (nSPS) is 17.5. The van der Waals surface area contributed by atoms with Gasteiger partial charge < -0.3 is 5.32 Å². The van der Waals surface area contributed by atoms with Gasteiger partial charge in [-0.2, -0.15) is 0 Å². The van der Waals surface area contributed by atoms with E-state index in [9.17, 15) is 0 Å². The van der Waals surface area contributed by atoms with E-state index in [0.29, 0.717) is 6.04 Å². The van der Waals surface area contributed by atoms with Gasteiger partial charge in [0.05, 0.1) is 0 Å². The van der Waals surface area contributed by atoms with Crippen molar-refractivity contribution in [2.24, 2.45) is 0 Å². The molecule has 1 saturated carbocycles. The fraction of sp³-hybridized carbons (Fsp3) is 0.615. The van der Waals surface area contributed by atoms with E-state index in [-0.39, 0.29) is 0 Å². The largest absolute Gasteiger partial charge is 0.369 e. The van der Waals surface area contributed by atoms with Crippen LogP contribution in [0.15, 0.2) is 18.3 Å². The first-order chi connectivity index (χ1) is 7.66. The molecular weight excluding hydrogens is 198 g/mol. The summed E-state index contributed by atoms with van der Waals surface area (Å²) in [5, 5.41) is 3.40. The number of nitrogens with one attached hydrogen (secondary N) is 1. The number of hydrogen-bond donors (Lipinski definition) is 1. The molecule has 1 unspecified atom stereocenters. The van der Waals surface area contributed by atoms with E-state index in [1.54, 1.807) is 0 Å². The van der Waals surface area contributed by atoms with Crippen LogP contribution in [0, 0.1) is 6.92 Å². The van der Waals surface area contributed by atoms with Crippen LogP contribution < -0.4 is 5.32 Å². The van der Waals surface area contributed by atoms with Gasteiger partial charge in [-0.1, -0.05) is 0 Å². The van der Waals surface area contributed by atoms with Gasteiger partial charge in [-0.25, -0.2) is 4.98 Å². The van der Waals surface area contributed by atoms with E-state index >= 15 is 0 Å². The van der Waals surface area contributed by atoms with E-state index in [0.717, 1.165) is 18.4 Å². The highest BCUT2D eigenvalue weighted by Gasteiger charge is 2.28. The minimum absolute atomic E-state index is 0.565. The molecule has 16 heavy (non-hydrogen) atoms. The summed E-state index contributed by atoms with van der Waals surface area (Å²) in [7, 11) is 2.22. The second-order valence-electron chi connectivity index (χ2n) is 4.84. The van der Waals surface area contributed by atoms with Crippen molar-refractivity contribution in [3.63, 3.8) is 0 Å². The standard InChI is InChI=1S/C13H21N3/c1-10-6-7-14-13(8-10)15-9-11(2)16(3)12-4-5-12/h6-8,11-12H,4-5,9H2,1-3H3,(H,14,15). The molecule has 1 fully saturated rings. The lowest BCUT2D eigenvalue weighted by Crippen LogP contribution is -2.36. The highest BCUT2D eigenvalue weighted by molar-refractivity contribution is 5.37. The third kappa shape index (κ3) is 2.95. The van der Waals surface area contributed by atoms with Crippen LogP contribution in [0.4, 0.5) is 5.82 Å². The van der Waals surface area contributed by atoms with Gasteiger partial charge in [-0.15, -0.1) is 0 Å². The number of hydrogen-bond acceptors (Lipinski definition) is 3. The molecule has 0 radical (unpaired) electrons. The van der Waals surface area contributed by atoms with E-state index in [1.807, 2.05) is 12.3 Å². The molecule has 88 valence electrons. The fourth-order valence-corrected chi connectivity index (χ4v) is 1.87. The van der Waals surface area contributed by atoms with Crippen LogP contribution in [0.2, 0.25) is 0 Å². The fourth-order valence-electron chi connectivity index (χ4n) is 1.87. The van der Waals surface area contributed by atoms with Gasteiger partial charge in [0.25, 0.3) is 0 Å². The van der Waals surface area contributed by atoms with Crippen molar-refractivity contribution in [1.29, 1.82) is 0 Å². The molecule has 0 bridgehead atoms. The first-order valence-electron chi connectivity index (χ1n) is 6.05. The van der Waals surface area contributed by atoms with Gasteiger partial charge in [0.15, 0.2) is 0 Å². The molecule has 2 rings (SSSR count). The summed E-state index contributed by atoms with van der Waals surface area (Å²) in [6, 6.07) is 5.49. The number of aryl methyl sites for hydroxylation is 1. The van der Waals surface area contributed by atoms with Gasteiger partial charge in [-0.3, -0.25) is 4.90 Å². The van der Waals surface area contributed by atoms with Gasteiger partial charge in [-0.05, 0) is 51.4 Å². The van der Waals surface area contributed by atoms with Crippen LogP contribution in [0.25, 0.3) is 0 Å². The molecule has 1 atom stereocenters. The Morgan fingerprint density at radius 1 is 1.56 bits per heavy atom. The molecule has 1 aromatic heterocycles. The monoisotopic (exact) mass is 219 g/mol. The molecule has 1 N–H and O–H groups in total. The minimum Gasteiger partial charge on any atom is -0.369 e. The lowest BCUT2D eigenvalue weighted by atomic mass is 10.2. The molecule has 1 aliphatic rings. The van der Waals surface area contributed by atoms with Crippen molar-refractivity contribution < 1.29 is 0 Å². The highest BCUT2D eigenvalue weighted by atomic mass is 15.2. The first kappa shape index (κ1) is 11.4. The maximum Gasteiger partial charge on any atom is 0.126 e. The molecule has 0 saturated heterocycles. The first-order valence-corrected chi connectivity index (χ1v) is 6.05. The van der Waals surface area contributed by atoms with Crippen LogP contribution in [0.3, 0.4) is 0 Å². The van der Waals surface area contributed by atoms with Gasteiger partial charge in [0.1, 0.15) is 5.82 Å². The Balaban J connectivity index is 1.82. The summed E-state index contributed by atoms with van der Waals surface area (Å²) >= 11 is 0. The van der Waals surface area contributed by atoms with Crippen molar-refractivity contribution in [3.05, 3.63) is 23.9 Å². The number of rotatable bonds is 5. The van der Waals surface area contributed by atoms with E-state index in [1.165, 1.54) is 18.4 Å². The van der Waals surface area contributed by atoms with Gasteiger partial charge in [0.2, 0.25) is 0 Å². The molecule has 3 nitrogen and oxygen atoms in total. The Kier molecular flexibility index (Phi) is 3.44. The lowest BCUT2D eigenvalue weighted by molar-refractivity contribution is 0.257. The summed E-state index contributed by atoms with van der Waals surface area (Å²) < 4.78 is 0. The predicted octanol–water partition coefficient (Wildman–Crippen LogP) is 2.28. The smallest absolute Gasteiger partial charge is 0.126 e. The van der Waals surface area contributed by atoms with Crippen LogP contribution in [-0.2, 0) is 0 Å².